The first-order valence-electron chi connectivity index (χ1n) is 2.58. The van der Waals surface area contributed by atoms with Crippen molar-refractivity contribution in [3.05, 3.63) is 11.3 Å². The molecule has 0 unspecified atom stereocenters. The van der Waals surface area contributed by atoms with Gasteiger partial charge in [-0.2, -0.15) is 0 Å². The molecule has 5 nitrogen and oxygen atoms in total. The number of anilines is 1. The molecule has 0 radical (unpaired) electrons. The standard InChI is InChI=1S/C5H6N2O3/c1-2-3(5(8)9)7-10-4(2)6/h6H2,1H3,(H,8,9). The number of nitrogen functional groups attached to an aromatic ring is 1. The zero-order chi connectivity index (χ0) is 7.72. The Bertz CT molecular complexity index is 266. The van der Waals surface area contributed by atoms with Gasteiger partial charge < -0.3 is 15.4 Å². The Morgan fingerprint density at radius 3 is 2.60 bits per heavy atom. The highest BCUT2D eigenvalue weighted by molar-refractivity contribution is 5.87. The molecule has 0 bridgehead atoms. The Morgan fingerprint density at radius 1 is 1.80 bits per heavy atom. The van der Waals surface area contributed by atoms with Crippen LogP contribution in [0.15, 0.2) is 4.52 Å². The number of carboxylic acid groups (broad SMARTS) is 1. The zero-order valence-corrected chi connectivity index (χ0v) is 5.29. The van der Waals surface area contributed by atoms with E-state index in [0.717, 1.165) is 0 Å². The monoisotopic (exact) mass is 142 g/mol. The highest BCUT2D eigenvalue weighted by Gasteiger charge is 2.14. The number of aromatic nitrogens is 1. The minimum absolute atomic E-state index is 0.0531. The van der Waals surface area contributed by atoms with Crippen molar-refractivity contribution in [2.75, 3.05) is 5.73 Å². The molecule has 1 heterocycles. The molecule has 0 fully saturated rings. The lowest BCUT2D eigenvalue weighted by molar-refractivity contribution is 0.0685. The second-order valence-electron chi connectivity index (χ2n) is 1.83. The quantitative estimate of drug-likeness (QED) is 0.587. The largest absolute Gasteiger partial charge is 0.476 e. The summed E-state index contributed by atoms with van der Waals surface area (Å²) in [5.41, 5.74) is 5.43. The van der Waals surface area contributed by atoms with Crippen LogP contribution < -0.4 is 5.73 Å². The summed E-state index contributed by atoms with van der Waals surface area (Å²) < 4.78 is 4.40. The van der Waals surface area contributed by atoms with Crippen molar-refractivity contribution in [2.45, 2.75) is 6.92 Å². The van der Waals surface area contributed by atoms with E-state index in [-0.39, 0.29) is 11.6 Å². The van der Waals surface area contributed by atoms with Crippen molar-refractivity contribution in [1.82, 2.24) is 5.16 Å². The maximum atomic E-state index is 10.3. The SMILES string of the molecule is Cc1c(C(=O)O)noc1N. The van der Waals surface area contributed by atoms with Crippen LogP contribution in [0.4, 0.5) is 5.88 Å². The first kappa shape index (κ1) is 6.60. The number of hydrogen-bond acceptors (Lipinski definition) is 4. The molecule has 1 rings (SSSR count). The average Bonchev–Trinajstić information content (AvgIpc) is 2.14. The molecule has 1 aromatic heterocycles. The molecule has 3 N–H and O–H groups in total. The third-order valence-corrected chi connectivity index (χ3v) is 1.16. The molecule has 1 aromatic rings. The van der Waals surface area contributed by atoms with E-state index < -0.39 is 5.97 Å². The molecule has 5 heteroatoms. The zero-order valence-electron chi connectivity index (χ0n) is 5.29. The number of carbonyl (C=O) groups is 1. The van der Waals surface area contributed by atoms with E-state index >= 15 is 0 Å². The van der Waals surface area contributed by atoms with Gasteiger partial charge in [0.15, 0.2) is 5.69 Å². The lowest BCUT2D eigenvalue weighted by atomic mass is 10.3. The molecule has 0 spiro atoms. The minimum Gasteiger partial charge on any atom is -0.476 e. The number of hydrogen-bond donors (Lipinski definition) is 2. The number of rotatable bonds is 1. The number of nitrogens with two attached hydrogens (primary N) is 1. The summed E-state index contributed by atoms with van der Waals surface area (Å²) in [5.74, 6) is -1.07. The summed E-state index contributed by atoms with van der Waals surface area (Å²) in [6.07, 6.45) is 0. The molecule has 10 heavy (non-hydrogen) atoms. The molecule has 54 valence electrons. The topological polar surface area (TPSA) is 89.3 Å². The number of aromatic carboxylic acids is 1. The van der Waals surface area contributed by atoms with Crippen LogP contribution in [0, 0.1) is 6.92 Å². The predicted molar refractivity (Wildman–Crippen MR) is 32.6 cm³/mol. The molecule has 0 saturated carbocycles. The normalized spacial score (nSPS) is 9.70. The predicted octanol–water partition coefficient (Wildman–Crippen LogP) is 0.263. The van der Waals surface area contributed by atoms with Crippen molar-refractivity contribution in [3.8, 4) is 0 Å². The number of carboxylic acids is 1. The highest BCUT2D eigenvalue weighted by atomic mass is 16.5. The van der Waals surface area contributed by atoms with E-state index in [4.69, 9.17) is 10.8 Å². The lowest BCUT2D eigenvalue weighted by Gasteiger charge is -1.84. The molecule has 0 aliphatic heterocycles. The van der Waals surface area contributed by atoms with Crippen molar-refractivity contribution < 1.29 is 14.4 Å². The Hall–Kier alpha value is -1.52. The van der Waals surface area contributed by atoms with Crippen LogP contribution in [0.25, 0.3) is 0 Å². The molecular weight excluding hydrogens is 136 g/mol. The van der Waals surface area contributed by atoms with Gasteiger partial charge in [-0.25, -0.2) is 4.79 Å². The fourth-order valence-corrected chi connectivity index (χ4v) is 0.548. The second kappa shape index (κ2) is 2.02. The van der Waals surface area contributed by atoms with E-state index in [1.165, 1.54) is 6.92 Å². The van der Waals surface area contributed by atoms with E-state index in [0.29, 0.717) is 5.56 Å². The van der Waals surface area contributed by atoms with Crippen LogP contribution in [0.3, 0.4) is 0 Å². The Kier molecular flexibility index (Phi) is 1.33. The van der Waals surface area contributed by atoms with Crippen LogP contribution in [-0.4, -0.2) is 16.2 Å². The van der Waals surface area contributed by atoms with E-state index in [2.05, 4.69) is 9.68 Å². The van der Waals surface area contributed by atoms with Gasteiger partial charge in [0.1, 0.15) is 0 Å². The summed E-state index contributed by atoms with van der Waals surface area (Å²) >= 11 is 0. The second-order valence-corrected chi connectivity index (χ2v) is 1.83. The Balaban J connectivity index is 3.17. The first-order valence-corrected chi connectivity index (χ1v) is 2.58. The van der Waals surface area contributed by atoms with Gasteiger partial charge >= 0.3 is 5.97 Å². The fourth-order valence-electron chi connectivity index (χ4n) is 0.548. The van der Waals surface area contributed by atoms with Crippen LogP contribution in [0.1, 0.15) is 16.1 Å². The van der Waals surface area contributed by atoms with Crippen molar-refractivity contribution in [1.29, 1.82) is 0 Å². The van der Waals surface area contributed by atoms with Crippen LogP contribution >= 0.6 is 0 Å². The van der Waals surface area contributed by atoms with E-state index in [1.807, 2.05) is 0 Å². The molecule has 0 amide bonds. The van der Waals surface area contributed by atoms with Crippen molar-refractivity contribution in [3.63, 3.8) is 0 Å². The summed E-state index contributed by atoms with van der Waals surface area (Å²) in [7, 11) is 0. The maximum absolute atomic E-state index is 10.3. The van der Waals surface area contributed by atoms with Crippen molar-refractivity contribution in [2.24, 2.45) is 0 Å². The number of nitrogens with zero attached hydrogens (tertiary/aromatic N) is 1. The average molecular weight is 142 g/mol. The minimum atomic E-state index is -1.13. The summed E-state index contributed by atoms with van der Waals surface area (Å²) in [6, 6.07) is 0. The molecule has 0 aromatic carbocycles. The third-order valence-electron chi connectivity index (χ3n) is 1.16. The Morgan fingerprint density at radius 2 is 2.40 bits per heavy atom. The van der Waals surface area contributed by atoms with Crippen LogP contribution in [-0.2, 0) is 0 Å². The van der Waals surface area contributed by atoms with Gasteiger partial charge in [-0.15, -0.1) is 0 Å². The summed E-state index contributed by atoms with van der Waals surface area (Å²) in [6.45, 7) is 1.54. The molecular formula is C5H6N2O3. The van der Waals surface area contributed by atoms with Gasteiger partial charge in [0.2, 0.25) is 5.88 Å². The molecule has 0 atom stereocenters. The van der Waals surface area contributed by atoms with Gasteiger partial charge in [-0.3, -0.25) is 0 Å². The van der Waals surface area contributed by atoms with E-state index in [1.54, 1.807) is 0 Å². The maximum Gasteiger partial charge on any atom is 0.358 e. The van der Waals surface area contributed by atoms with Gasteiger partial charge in [-0.05, 0) is 6.92 Å². The van der Waals surface area contributed by atoms with Crippen LogP contribution in [0.5, 0.6) is 0 Å². The van der Waals surface area contributed by atoms with Gasteiger partial charge in [0.25, 0.3) is 0 Å². The molecule has 0 saturated heterocycles. The molecule has 0 aliphatic rings. The fraction of sp³-hybridized carbons (Fsp3) is 0.200. The third kappa shape index (κ3) is 0.812. The first-order chi connectivity index (χ1) is 4.63. The summed E-state index contributed by atoms with van der Waals surface area (Å²) in [4.78, 5) is 10.3. The van der Waals surface area contributed by atoms with Crippen molar-refractivity contribution >= 4 is 11.9 Å². The highest BCUT2D eigenvalue weighted by Crippen LogP contribution is 2.13. The Labute approximate surface area is 56.4 Å². The van der Waals surface area contributed by atoms with Crippen LogP contribution in [0.2, 0.25) is 0 Å². The smallest absolute Gasteiger partial charge is 0.358 e. The van der Waals surface area contributed by atoms with Gasteiger partial charge in [-0.1, -0.05) is 5.16 Å². The lowest BCUT2D eigenvalue weighted by Crippen LogP contribution is -1.98. The van der Waals surface area contributed by atoms with Gasteiger partial charge in [0.05, 0.1) is 0 Å². The molecule has 0 aliphatic carbocycles. The van der Waals surface area contributed by atoms with Gasteiger partial charge in [0, 0.05) is 5.56 Å². The summed E-state index contributed by atoms with van der Waals surface area (Å²) in [5, 5.41) is 11.6. The van der Waals surface area contributed by atoms with E-state index in [9.17, 15) is 4.79 Å².